The van der Waals surface area contributed by atoms with Crippen molar-refractivity contribution in [1.82, 2.24) is 9.55 Å². The highest BCUT2D eigenvalue weighted by atomic mass is 16.5. The van der Waals surface area contributed by atoms with E-state index >= 15 is 0 Å². The molecule has 104 valence electrons. The maximum atomic E-state index is 11.8. The van der Waals surface area contributed by atoms with Crippen LogP contribution in [-0.4, -0.2) is 29.7 Å². The lowest BCUT2D eigenvalue weighted by Gasteiger charge is -2.07. The lowest BCUT2D eigenvalue weighted by atomic mass is 10.1. The van der Waals surface area contributed by atoms with Crippen LogP contribution in [0.5, 0.6) is 5.75 Å². The molecular weight excluding hydrogens is 256 g/mol. The van der Waals surface area contributed by atoms with Crippen LogP contribution in [0.4, 0.5) is 0 Å². The monoisotopic (exact) mass is 272 g/mol. The van der Waals surface area contributed by atoms with Crippen molar-refractivity contribution in [2.75, 3.05) is 14.2 Å². The molecule has 0 unspecified atom stereocenters. The van der Waals surface area contributed by atoms with Gasteiger partial charge in [-0.05, 0) is 23.8 Å². The summed E-state index contributed by atoms with van der Waals surface area (Å²) in [7, 11) is 2.99. The van der Waals surface area contributed by atoms with Crippen LogP contribution < -0.4 is 4.74 Å². The number of carbonyl (C=O) groups is 1. The van der Waals surface area contributed by atoms with Gasteiger partial charge in [-0.25, -0.2) is 9.78 Å². The second kappa shape index (κ2) is 6.56. The molecule has 0 atom stereocenters. The minimum Gasteiger partial charge on any atom is -0.497 e. The van der Waals surface area contributed by atoms with Gasteiger partial charge in [-0.15, -0.1) is 0 Å². The lowest BCUT2D eigenvalue weighted by Crippen LogP contribution is -2.10. The summed E-state index contributed by atoms with van der Waals surface area (Å²) in [4.78, 5) is 15.8. The molecule has 0 aliphatic rings. The number of benzene rings is 1. The lowest BCUT2D eigenvalue weighted by molar-refractivity contribution is -0.136. The number of ether oxygens (including phenoxy) is 2. The van der Waals surface area contributed by atoms with Gasteiger partial charge in [0.15, 0.2) is 0 Å². The molecule has 5 heteroatoms. The van der Waals surface area contributed by atoms with Gasteiger partial charge in [-0.2, -0.15) is 0 Å². The van der Waals surface area contributed by atoms with Gasteiger partial charge < -0.3 is 14.0 Å². The van der Waals surface area contributed by atoms with Gasteiger partial charge >= 0.3 is 5.97 Å². The number of nitrogens with zero attached hydrogens (tertiary/aromatic N) is 2. The molecule has 0 saturated carbocycles. The zero-order valence-corrected chi connectivity index (χ0v) is 11.4. The highest BCUT2D eigenvalue weighted by Gasteiger charge is 2.10. The summed E-state index contributed by atoms with van der Waals surface area (Å²) in [6.07, 6.45) is 6.92. The second-order valence-electron chi connectivity index (χ2n) is 4.17. The largest absolute Gasteiger partial charge is 0.497 e. The normalized spacial score (nSPS) is 11.2. The molecule has 20 heavy (non-hydrogen) atoms. The zero-order chi connectivity index (χ0) is 14.4. The highest BCUT2D eigenvalue weighted by molar-refractivity contribution is 5.93. The van der Waals surface area contributed by atoms with Crippen molar-refractivity contribution >= 4 is 12.0 Å². The minimum atomic E-state index is -0.352. The number of methoxy groups -OCH3 is 2. The van der Waals surface area contributed by atoms with E-state index in [1.165, 1.54) is 7.11 Å². The molecule has 5 nitrogen and oxygen atoms in total. The molecule has 0 spiro atoms. The molecule has 1 heterocycles. The van der Waals surface area contributed by atoms with Crippen molar-refractivity contribution in [2.24, 2.45) is 0 Å². The number of hydrogen-bond donors (Lipinski definition) is 0. The summed E-state index contributed by atoms with van der Waals surface area (Å²) < 4.78 is 11.7. The molecule has 0 amide bonds. The molecule has 0 saturated heterocycles. The number of carbonyl (C=O) groups excluding carboxylic acids is 1. The molecule has 2 rings (SSSR count). The molecule has 0 aliphatic heterocycles. The molecule has 1 aromatic heterocycles. The van der Waals surface area contributed by atoms with Gasteiger partial charge in [0.05, 0.1) is 32.7 Å². The number of hydrogen-bond acceptors (Lipinski definition) is 4. The Bertz CT molecular complexity index is 586. The maximum absolute atomic E-state index is 11.8. The summed E-state index contributed by atoms with van der Waals surface area (Å²) in [6, 6.07) is 7.46. The van der Waals surface area contributed by atoms with Gasteiger partial charge in [0.1, 0.15) is 5.75 Å². The van der Waals surface area contributed by atoms with Crippen molar-refractivity contribution in [3.05, 3.63) is 54.1 Å². The van der Waals surface area contributed by atoms with Crippen molar-refractivity contribution in [3.8, 4) is 5.75 Å². The second-order valence-corrected chi connectivity index (χ2v) is 4.17. The standard InChI is InChI=1S/C15H16N2O3/c1-19-14-5-3-12(4-6-14)9-13(15(18)20-2)10-17-8-7-16-11-17/h3-9,11H,10H2,1-2H3/b13-9+. The van der Waals surface area contributed by atoms with E-state index in [4.69, 9.17) is 9.47 Å². The number of imidazole rings is 1. The molecule has 0 fully saturated rings. The van der Waals surface area contributed by atoms with Gasteiger partial charge in [0.25, 0.3) is 0 Å². The van der Waals surface area contributed by atoms with Gasteiger partial charge in [0, 0.05) is 12.4 Å². The predicted molar refractivity (Wildman–Crippen MR) is 75.2 cm³/mol. The third kappa shape index (κ3) is 3.47. The van der Waals surface area contributed by atoms with E-state index in [-0.39, 0.29) is 5.97 Å². The van der Waals surface area contributed by atoms with Gasteiger partial charge in [0.2, 0.25) is 0 Å². The Hall–Kier alpha value is -2.56. The molecule has 0 aliphatic carbocycles. The minimum absolute atomic E-state index is 0.352. The first kappa shape index (κ1) is 13.9. The van der Waals surface area contributed by atoms with E-state index < -0.39 is 0 Å². The first-order valence-corrected chi connectivity index (χ1v) is 6.11. The molecule has 0 radical (unpaired) electrons. The van der Waals surface area contributed by atoms with Gasteiger partial charge in [-0.1, -0.05) is 12.1 Å². The smallest absolute Gasteiger partial charge is 0.335 e. The van der Waals surface area contributed by atoms with Crippen LogP contribution in [0, 0.1) is 0 Å². The van der Waals surface area contributed by atoms with Crippen molar-refractivity contribution in [2.45, 2.75) is 6.54 Å². The van der Waals surface area contributed by atoms with Crippen LogP contribution in [0.2, 0.25) is 0 Å². The summed E-state index contributed by atoms with van der Waals surface area (Å²) in [5.41, 5.74) is 1.46. The summed E-state index contributed by atoms with van der Waals surface area (Å²) in [5, 5.41) is 0. The fraction of sp³-hybridized carbons (Fsp3) is 0.200. The van der Waals surface area contributed by atoms with E-state index in [0.717, 1.165) is 11.3 Å². The quantitative estimate of drug-likeness (QED) is 0.618. The van der Waals surface area contributed by atoms with Crippen LogP contribution in [0.25, 0.3) is 6.08 Å². The van der Waals surface area contributed by atoms with Crippen LogP contribution in [0.1, 0.15) is 5.56 Å². The Morgan fingerprint density at radius 1 is 1.30 bits per heavy atom. The van der Waals surface area contributed by atoms with Crippen molar-refractivity contribution in [3.63, 3.8) is 0 Å². The van der Waals surface area contributed by atoms with Crippen LogP contribution >= 0.6 is 0 Å². The van der Waals surface area contributed by atoms with Crippen LogP contribution in [-0.2, 0) is 16.1 Å². The summed E-state index contributed by atoms with van der Waals surface area (Å²) in [5.74, 6) is 0.422. The average molecular weight is 272 g/mol. The van der Waals surface area contributed by atoms with Crippen LogP contribution in [0.3, 0.4) is 0 Å². The molecular formula is C15H16N2O3. The maximum Gasteiger partial charge on any atom is 0.335 e. The molecule has 0 N–H and O–H groups in total. The number of esters is 1. The van der Waals surface area contributed by atoms with Crippen LogP contribution in [0.15, 0.2) is 48.6 Å². The summed E-state index contributed by atoms with van der Waals surface area (Å²) in [6.45, 7) is 0.415. The zero-order valence-electron chi connectivity index (χ0n) is 11.4. The van der Waals surface area contributed by atoms with E-state index in [9.17, 15) is 4.79 Å². The van der Waals surface area contributed by atoms with Crippen molar-refractivity contribution in [1.29, 1.82) is 0 Å². The Morgan fingerprint density at radius 3 is 2.60 bits per heavy atom. The first-order chi connectivity index (χ1) is 9.72. The number of rotatable bonds is 5. The van der Waals surface area contributed by atoms with E-state index in [2.05, 4.69) is 4.98 Å². The van der Waals surface area contributed by atoms with E-state index in [0.29, 0.717) is 12.1 Å². The van der Waals surface area contributed by atoms with Crippen molar-refractivity contribution < 1.29 is 14.3 Å². The third-order valence-corrected chi connectivity index (χ3v) is 2.82. The first-order valence-electron chi connectivity index (χ1n) is 6.11. The SMILES string of the molecule is COC(=O)/C(=C/c1ccc(OC)cc1)Cn1ccnc1. The van der Waals surface area contributed by atoms with E-state index in [1.807, 2.05) is 28.8 Å². The summed E-state index contributed by atoms with van der Waals surface area (Å²) >= 11 is 0. The Morgan fingerprint density at radius 2 is 2.05 bits per heavy atom. The predicted octanol–water partition coefficient (Wildman–Crippen LogP) is 2.15. The third-order valence-electron chi connectivity index (χ3n) is 2.82. The Labute approximate surface area is 117 Å². The molecule has 0 bridgehead atoms. The Balaban J connectivity index is 2.24. The average Bonchev–Trinajstić information content (AvgIpc) is 2.99. The molecule has 1 aromatic carbocycles. The van der Waals surface area contributed by atoms with Gasteiger partial charge in [-0.3, -0.25) is 0 Å². The highest BCUT2D eigenvalue weighted by Crippen LogP contribution is 2.15. The fourth-order valence-corrected chi connectivity index (χ4v) is 1.78. The fourth-order valence-electron chi connectivity index (χ4n) is 1.78. The van der Waals surface area contributed by atoms with E-state index in [1.54, 1.807) is 31.9 Å². The topological polar surface area (TPSA) is 53.4 Å². The Kier molecular flexibility index (Phi) is 4.55. The number of aromatic nitrogens is 2. The molecule has 2 aromatic rings.